The molecule has 0 aliphatic heterocycles. The van der Waals surface area contributed by atoms with Crippen molar-refractivity contribution in [3.63, 3.8) is 0 Å². The molecule has 19 valence electrons. The third kappa shape index (κ3) is 8.88. The van der Waals surface area contributed by atoms with Gasteiger partial charge in [0.25, 0.3) is 0 Å². The van der Waals surface area contributed by atoms with Gasteiger partial charge in [-0.1, -0.05) is 0 Å². The van der Waals surface area contributed by atoms with Crippen molar-refractivity contribution in [1.82, 2.24) is 0 Å². The molecular weight excluding hydrogens is 300 g/mol. The molecule has 0 spiro atoms. The van der Waals surface area contributed by atoms with E-state index in [0.717, 1.165) is 0 Å². The van der Waals surface area contributed by atoms with E-state index in [9.17, 15) is 0 Å². The molecule has 0 unspecified atom stereocenters. The van der Waals surface area contributed by atoms with Gasteiger partial charge in [0, 0.05) is 19.8 Å². The van der Waals surface area contributed by atoms with Gasteiger partial charge in [0.15, 0.2) is 0 Å². The summed E-state index contributed by atoms with van der Waals surface area (Å²) in [6.07, 6.45) is 0. The minimum Gasteiger partial charge on any atom is -2.00 e. The van der Waals surface area contributed by atoms with Crippen molar-refractivity contribution in [3.8, 4) is 0 Å². The molecule has 4 heavy (non-hydrogen) atoms. The minimum atomic E-state index is 0. The standard InChI is InChI=1S/Ga.Ge.2Se/q;+4;2*-2. The van der Waals surface area contributed by atoms with E-state index in [-0.39, 0.29) is 71.5 Å². The second-order valence-corrected chi connectivity index (χ2v) is 0. The smallest absolute Gasteiger partial charge is 2.00 e. The van der Waals surface area contributed by atoms with E-state index in [1.54, 1.807) is 0 Å². The van der Waals surface area contributed by atoms with Crippen LogP contribution in [-0.4, -0.2) is 71.5 Å². The van der Waals surface area contributed by atoms with Crippen LogP contribution in [0.3, 0.4) is 0 Å². The number of hydrogen-bond donors (Lipinski definition) is 0. The van der Waals surface area contributed by atoms with Crippen LogP contribution in [0, 0.1) is 0 Å². The fourth-order valence-corrected chi connectivity index (χ4v) is 0. The van der Waals surface area contributed by atoms with Crippen LogP contribution in [0.2, 0.25) is 0 Å². The summed E-state index contributed by atoms with van der Waals surface area (Å²) in [5, 5.41) is 0. The molecule has 0 rings (SSSR count). The van der Waals surface area contributed by atoms with Gasteiger partial charge in [-0.3, -0.25) is 0 Å². The summed E-state index contributed by atoms with van der Waals surface area (Å²) in [6, 6.07) is 0. The van der Waals surface area contributed by atoms with Crippen molar-refractivity contribution in [1.29, 1.82) is 0 Å². The molecule has 0 saturated carbocycles. The molecule has 0 aliphatic rings. The van der Waals surface area contributed by atoms with Gasteiger partial charge in [0.2, 0.25) is 0 Å². The van der Waals surface area contributed by atoms with Crippen LogP contribution >= 0.6 is 0 Å². The topological polar surface area (TPSA) is 0 Å². The summed E-state index contributed by atoms with van der Waals surface area (Å²) in [5.41, 5.74) is 0. The Morgan fingerprint density at radius 1 is 0.750 bits per heavy atom. The van der Waals surface area contributed by atoms with Gasteiger partial charge in [-0.05, 0) is 0 Å². The van der Waals surface area contributed by atoms with Crippen LogP contribution < -0.4 is 0 Å². The summed E-state index contributed by atoms with van der Waals surface area (Å²) < 4.78 is 0. The maximum Gasteiger partial charge on any atom is 4.00 e. The molecule has 0 aromatic rings. The van der Waals surface area contributed by atoms with Crippen LogP contribution in [-0.2, 0) is 0 Å². The van der Waals surface area contributed by atoms with Crippen LogP contribution in [0.4, 0.5) is 0 Å². The van der Waals surface area contributed by atoms with E-state index in [4.69, 9.17) is 0 Å². The molecule has 3 radical (unpaired) electrons. The molecule has 0 amide bonds. The molecule has 0 bridgehead atoms. The summed E-state index contributed by atoms with van der Waals surface area (Å²) in [6.45, 7) is 0. The first-order chi connectivity index (χ1) is 0. The van der Waals surface area contributed by atoms with Gasteiger partial charge in [-0.25, -0.2) is 0 Å². The van der Waals surface area contributed by atoms with Crippen molar-refractivity contribution in [2.24, 2.45) is 0 Å². The Balaban J connectivity index is 0. The molecule has 0 heterocycles. The monoisotopic (exact) mass is 303 g/mol. The minimum absolute atomic E-state index is 0. The predicted molar refractivity (Wildman–Crippen MR) is 23.0 cm³/mol. The summed E-state index contributed by atoms with van der Waals surface area (Å²) in [4.78, 5) is 0. The first kappa shape index (κ1) is 34.4. The summed E-state index contributed by atoms with van der Waals surface area (Å²) in [7, 11) is 0. The maximum absolute atomic E-state index is 0. The van der Waals surface area contributed by atoms with E-state index in [0.29, 0.717) is 0 Å². The zero-order valence-corrected chi connectivity index (χ0v) is 9.84. The molecule has 0 aromatic carbocycles. The van der Waals surface area contributed by atoms with Gasteiger partial charge >= 0.3 is 17.6 Å². The molecule has 0 aliphatic carbocycles. The third-order valence-corrected chi connectivity index (χ3v) is 0. The van der Waals surface area contributed by atoms with Crippen molar-refractivity contribution in [3.05, 3.63) is 0 Å². The average Bonchev–Trinajstić information content (AvgIpc) is 0. The Morgan fingerprint density at radius 2 is 0.750 bits per heavy atom. The zero-order chi connectivity index (χ0) is 0. The van der Waals surface area contributed by atoms with Gasteiger partial charge in [0.1, 0.15) is 0 Å². The van der Waals surface area contributed by atoms with E-state index >= 15 is 0 Å². The Kier molecular flexibility index (Phi) is 162. The predicted octanol–water partition coefficient (Wildman–Crippen LogP) is -1.52. The van der Waals surface area contributed by atoms with Crippen LogP contribution in [0.1, 0.15) is 0 Å². The van der Waals surface area contributed by atoms with Crippen LogP contribution in [0.15, 0.2) is 0 Å². The summed E-state index contributed by atoms with van der Waals surface area (Å²) in [5.74, 6) is 0. The van der Waals surface area contributed by atoms with Crippen molar-refractivity contribution < 1.29 is 0 Å². The molecule has 0 atom stereocenters. The quantitative estimate of drug-likeness (QED) is 0.477. The van der Waals surface area contributed by atoms with E-state index in [2.05, 4.69) is 0 Å². The fourth-order valence-electron chi connectivity index (χ4n) is 0. The number of hydrogen-bond acceptors (Lipinski definition) is 0. The van der Waals surface area contributed by atoms with Crippen LogP contribution in [0.25, 0.3) is 0 Å². The number of rotatable bonds is 0. The van der Waals surface area contributed by atoms with Crippen LogP contribution in [0.5, 0.6) is 0 Å². The SMILES string of the molecule is [Ga].[Ge+4].[Se-2].[Se-2]. The van der Waals surface area contributed by atoms with E-state index < -0.39 is 0 Å². The molecule has 0 nitrogen and oxygen atoms in total. The Hall–Kier alpha value is 2.22. The summed E-state index contributed by atoms with van der Waals surface area (Å²) >= 11 is 0. The van der Waals surface area contributed by atoms with E-state index in [1.807, 2.05) is 0 Å². The zero-order valence-electron chi connectivity index (χ0n) is 1.89. The molecule has 0 N–H and O–H groups in total. The molecule has 4 heteroatoms. The first-order valence-electron chi connectivity index (χ1n) is 0. The Bertz CT molecular complexity index is 6.00. The molecule has 0 fully saturated rings. The van der Waals surface area contributed by atoms with Crippen molar-refractivity contribution in [2.45, 2.75) is 0 Å². The van der Waals surface area contributed by atoms with Gasteiger partial charge in [-0.2, -0.15) is 0 Å². The first-order valence-corrected chi connectivity index (χ1v) is 0. The Labute approximate surface area is 70.8 Å². The second-order valence-electron chi connectivity index (χ2n) is 0. The fraction of sp³-hybridized carbons (Fsp3) is 0. The van der Waals surface area contributed by atoms with Crippen molar-refractivity contribution in [2.75, 3.05) is 0 Å². The van der Waals surface area contributed by atoms with E-state index in [1.165, 1.54) is 0 Å². The normalized spacial score (nSPS) is 0. The second kappa shape index (κ2) is 18.9. The average molecular weight is 300 g/mol. The van der Waals surface area contributed by atoms with Crippen molar-refractivity contribution >= 4 is 71.5 Å². The molecule has 0 aromatic heterocycles. The third-order valence-electron chi connectivity index (χ3n) is 0. The van der Waals surface area contributed by atoms with Gasteiger partial charge < -0.3 is 34.1 Å². The maximum atomic E-state index is 0. The largest absolute Gasteiger partial charge is 4.00 e. The van der Waals surface area contributed by atoms with Gasteiger partial charge in [-0.15, -0.1) is 0 Å². The van der Waals surface area contributed by atoms with Gasteiger partial charge in [0.05, 0.1) is 0 Å². The Morgan fingerprint density at radius 3 is 0.750 bits per heavy atom. The molecule has 0 saturated heterocycles. The molecular formula is GaGeSe2.